The average molecular weight is 315 g/mol. The molecule has 2 aromatic heterocycles. The van der Waals surface area contributed by atoms with Crippen molar-refractivity contribution in [1.82, 2.24) is 19.9 Å². The summed E-state index contributed by atoms with van der Waals surface area (Å²) in [6.45, 7) is 5.95. The van der Waals surface area contributed by atoms with Crippen LogP contribution in [0.2, 0.25) is 0 Å². The van der Waals surface area contributed by atoms with Crippen LogP contribution in [0.3, 0.4) is 0 Å². The maximum atomic E-state index is 12.3. The van der Waals surface area contributed by atoms with Gasteiger partial charge in [0.15, 0.2) is 0 Å². The van der Waals surface area contributed by atoms with Crippen molar-refractivity contribution in [3.8, 4) is 0 Å². The Morgan fingerprint density at radius 1 is 1.48 bits per heavy atom. The lowest BCUT2D eigenvalue weighted by atomic mass is 9.92. The lowest BCUT2D eigenvalue weighted by molar-refractivity contribution is -0.132. The maximum absolute atomic E-state index is 12.3. The minimum absolute atomic E-state index is 0.271. The fraction of sp³-hybridized carbons (Fsp3) is 0.588. The van der Waals surface area contributed by atoms with Gasteiger partial charge in [-0.1, -0.05) is 13.8 Å². The number of likely N-dealkylation sites (N-methyl/N-ethyl adjacent to an activating group) is 1. The Morgan fingerprint density at radius 2 is 2.30 bits per heavy atom. The van der Waals surface area contributed by atoms with Gasteiger partial charge in [0.1, 0.15) is 17.8 Å². The Kier molecular flexibility index (Phi) is 4.50. The molecule has 2 atom stereocenters. The molecule has 1 aliphatic rings. The second kappa shape index (κ2) is 6.56. The predicted octanol–water partition coefficient (Wildman–Crippen LogP) is 2.43. The number of piperidine rings is 1. The van der Waals surface area contributed by atoms with E-state index >= 15 is 0 Å². The molecule has 1 saturated heterocycles. The molecule has 23 heavy (non-hydrogen) atoms. The number of rotatable bonds is 4. The van der Waals surface area contributed by atoms with Crippen LogP contribution in [0.1, 0.15) is 33.1 Å². The molecule has 0 radical (unpaired) electrons. The molecule has 0 aromatic carbocycles. The Balaban J connectivity index is 1.83. The van der Waals surface area contributed by atoms with Crippen molar-refractivity contribution in [1.29, 1.82) is 0 Å². The van der Waals surface area contributed by atoms with Gasteiger partial charge in [-0.2, -0.15) is 0 Å². The first-order valence-corrected chi connectivity index (χ1v) is 8.40. The summed E-state index contributed by atoms with van der Waals surface area (Å²) in [5.41, 5.74) is 0.851. The number of H-pyrrole nitrogens is 1. The third kappa shape index (κ3) is 3.02. The molecular formula is C17H25N5O. The average Bonchev–Trinajstić information content (AvgIpc) is 3.03. The normalized spacial score (nSPS) is 21.6. The topological polar surface area (TPSA) is 65.1 Å². The molecule has 3 rings (SSSR count). The molecule has 1 aliphatic heterocycles. The highest BCUT2D eigenvalue weighted by molar-refractivity contribution is 5.87. The van der Waals surface area contributed by atoms with Crippen LogP contribution in [0.15, 0.2) is 18.6 Å². The third-order valence-electron chi connectivity index (χ3n) is 4.90. The summed E-state index contributed by atoms with van der Waals surface area (Å²) in [5.74, 6) is 1.72. The standard InChI is InChI=1S/C17H25N5O/c1-4-5-15(23)22-9-7-12(2)14(10-22)21(3)17-13-6-8-18-16(13)19-11-20-17/h6,8,11-12,14H,4-5,7,9-10H2,1-3H3,(H,18,19,20). The number of anilines is 1. The summed E-state index contributed by atoms with van der Waals surface area (Å²) < 4.78 is 0. The van der Waals surface area contributed by atoms with Gasteiger partial charge in [-0.05, 0) is 24.8 Å². The van der Waals surface area contributed by atoms with E-state index in [1.54, 1.807) is 6.33 Å². The molecular weight excluding hydrogens is 290 g/mol. The summed E-state index contributed by atoms with van der Waals surface area (Å²) >= 11 is 0. The minimum atomic E-state index is 0.271. The van der Waals surface area contributed by atoms with Crippen molar-refractivity contribution in [2.24, 2.45) is 5.92 Å². The highest BCUT2D eigenvalue weighted by Crippen LogP contribution is 2.28. The first-order valence-electron chi connectivity index (χ1n) is 8.40. The minimum Gasteiger partial charge on any atom is -0.354 e. The van der Waals surface area contributed by atoms with E-state index in [1.807, 2.05) is 17.2 Å². The van der Waals surface area contributed by atoms with Crippen LogP contribution in [0.5, 0.6) is 0 Å². The number of amides is 1. The van der Waals surface area contributed by atoms with E-state index in [0.29, 0.717) is 12.3 Å². The van der Waals surface area contributed by atoms with Gasteiger partial charge >= 0.3 is 0 Å². The third-order valence-corrected chi connectivity index (χ3v) is 4.90. The second-order valence-electron chi connectivity index (χ2n) is 6.47. The van der Waals surface area contributed by atoms with Crippen LogP contribution >= 0.6 is 0 Å². The number of nitrogens with zero attached hydrogens (tertiary/aromatic N) is 4. The summed E-state index contributed by atoms with van der Waals surface area (Å²) in [6, 6.07) is 2.28. The van der Waals surface area contributed by atoms with E-state index in [4.69, 9.17) is 0 Å². The molecule has 3 heterocycles. The van der Waals surface area contributed by atoms with Crippen molar-refractivity contribution in [3.05, 3.63) is 18.6 Å². The van der Waals surface area contributed by atoms with Crippen LogP contribution in [0, 0.1) is 5.92 Å². The number of aromatic nitrogens is 3. The van der Waals surface area contributed by atoms with E-state index < -0.39 is 0 Å². The summed E-state index contributed by atoms with van der Waals surface area (Å²) in [7, 11) is 2.07. The zero-order valence-electron chi connectivity index (χ0n) is 14.1. The molecule has 6 nitrogen and oxygen atoms in total. The number of carbonyl (C=O) groups is 1. The van der Waals surface area contributed by atoms with Gasteiger partial charge in [0, 0.05) is 32.8 Å². The first kappa shape index (κ1) is 15.8. The Hall–Kier alpha value is -2.11. The largest absolute Gasteiger partial charge is 0.354 e. The molecule has 1 N–H and O–H groups in total. The van der Waals surface area contributed by atoms with Crippen LogP contribution in [-0.2, 0) is 4.79 Å². The van der Waals surface area contributed by atoms with E-state index in [0.717, 1.165) is 42.8 Å². The molecule has 2 unspecified atom stereocenters. The highest BCUT2D eigenvalue weighted by Gasteiger charge is 2.32. The monoisotopic (exact) mass is 315 g/mol. The number of fused-ring (bicyclic) bond motifs is 1. The van der Waals surface area contributed by atoms with Gasteiger partial charge < -0.3 is 14.8 Å². The van der Waals surface area contributed by atoms with Crippen molar-refractivity contribution in [2.45, 2.75) is 39.2 Å². The quantitative estimate of drug-likeness (QED) is 0.941. The smallest absolute Gasteiger partial charge is 0.222 e. The number of aromatic amines is 1. The number of hydrogen-bond donors (Lipinski definition) is 1. The van der Waals surface area contributed by atoms with Crippen molar-refractivity contribution in [2.75, 3.05) is 25.0 Å². The zero-order valence-corrected chi connectivity index (χ0v) is 14.1. The summed E-state index contributed by atoms with van der Waals surface area (Å²) in [5, 5.41) is 1.03. The van der Waals surface area contributed by atoms with Gasteiger partial charge in [0.25, 0.3) is 0 Å². The van der Waals surface area contributed by atoms with E-state index in [9.17, 15) is 4.79 Å². The maximum Gasteiger partial charge on any atom is 0.222 e. The molecule has 0 spiro atoms. The predicted molar refractivity (Wildman–Crippen MR) is 91.3 cm³/mol. The van der Waals surface area contributed by atoms with Crippen LogP contribution < -0.4 is 4.90 Å². The molecule has 2 aromatic rings. The Morgan fingerprint density at radius 3 is 3.09 bits per heavy atom. The molecule has 0 bridgehead atoms. The van der Waals surface area contributed by atoms with Crippen molar-refractivity contribution in [3.63, 3.8) is 0 Å². The fourth-order valence-electron chi connectivity index (χ4n) is 3.45. The van der Waals surface area contributed by atoms with Crippen molar-refractivity contribution >= 4 is 22.8 Å². The second-order valence-corrected chi connectivity index (χ2v) is 6.47. The number of hydrogen-bond acceptors (Lipinski definition) is 4. The summed E-state index contributed by atoms with van der Waals surface area (Å²) in [6.07, 6.45) is 6.06. The van der Waals surface area contributed by atoms with Crippen LogP contribution in [-0.4, -0.2) is 51.9 Å². The fourth-order valence-corrected chi connectivity index (χ4v) is 3.45. The SMILES string of the molecule is CCCC(=O)N1CCC(C)C(N(C)c2ncnc3[nH]ccc23)C1. The molecule has 6 heteroatoms. The van der Waals surface area contributed by atoms with E-state index in [-0.39, 0.29) is 11.9 Å². The number of carbonyl (C=O) groups excluding carboxylic acids is 1. The molecule has 1 amide bonds. The molecule has 0 saturated carbocycles. The zero-order chi connectivity index (χ0) is 16.4. The highest BCUT2D eigenvalue weighted by atomic mass is 16.2. The summed E-state index contributed by atoms with van der Waals surface area (Å²) in [4.78, 5) is 28.4. The van der Waals surface area contributed by atoms with Crippen LogP contribution in [0.25, 0.3) is 11.0 Å². The van der Waals surface area contributed by atoms with Gasteiger partial charge in [-0.15, -0.1) is 0 Å². The molecule has 0 aliphatic carbocycles. The van der Waals surface area contributed by atoms with Gasteiger partial charge in [0.2, 0.25) is 5.91 Å². The van der Waals surface area contributed by atoms with E-state index in [2.05, 4.69) is 40.7 Å². The molecule has 1 fully saturated rings. The van der Waals surface area contributed by atoms with E-state index in [1.165, 1.54) is 0 Å². The lowest BCUT2D eigenvalue weighted by Gasteiger charge is -2.42. The molecule has 124 valence electrons. The Bertz CT molecular complexity index is 682. The number of likely N-dealkylation sites (tertiary alicyclic amines) is 1. The Labute approximate surface area is 136 Å². The van der Waals surface area contributed by atoms with Gasteiger partial charge in [-0.25, -0.2) is 9.97 Å². The van der Waals surface area contributed by atoms with Gasteiger partial charge in [-0.3, -0.25) is 4.79 Å². The lowest BCUT2D eigenvalue weighted by Crippen LogP contribution is -2.52. The number of nitrogens with one attached hydrogen (secondary N) is 1. The van der Waals surface area contributed by atoms with Crippen molar-refractivity contribution < 1.29 is 4.79 Å². The first-order chi connectivity index (χ1) is 11.1. The van der Waals surface area contributed by atoms with Crippen LogP contribution in [0.4, 0.5) is 5.82 Å². The van der Waals surface area contributed by atoms with Gasteiger partial charge in [0.05, 0.1) is 11.4 Å².